The van der Waals surface area contributed by atoms with Crippen molar-refractivity contribution in [1.29, 1.82) is 10.5 Å². The molecule has 0 aromatic carbocycles. The van der Waals surface area contributed by atoms with E-state index in [0.717, 1.165) is 32.1 Å². The molecule has 5 nitrogen and oxygen atoms in total. The molecule has 4 aliphatic carbocycles. The highest BCUT2D eigenvalue weighted by atomic mass is 19.1. The summed E-state index contributed by atoms with van der Waals surface area (Å²) in [5.74, 6) is 0.980. The first-order valence-corrected chi connectivity index (χ1v) is 8.96. The van der Waals surface area contributed by atoms with Crippen LogP contribution in [-0.4, -0.2) is 41.6 Å². The van der Waals surface area contributed by atoms with Gasteiger partial charge in [0.15, 0.2) is 0 Å². The summed E-state index contributed by atoms with van der Waals surface area (Å²) in [6, 6.07) is 3.96. The molecule has 0 radical (unpaired) electrons. The predicted molar refractivity (Wildman–Crippen MR) is 84.1 cm³/mol. The molecule has 4 atom stereocenters. The van der Waals surface area contributed by atoms with Gasteiger partial charge >= 0.3 is 0 Å². The molecule has 0 aromatic heterocycles. The number of halogens is 1. The first-order chi connectivity index (χ1) is 11.5. The average Bonchev–Trinajstić information content (AvgIpc) is 2.92. The van der Waals surface area contributed by atoms with Crippen LogP contribution in [0.1, 0.15) is 44.9 Å². The second kappa shape index (κ2) is 5.43. The van der Waals surface area contributed by atoms with Gasteiger partial charge in [0.05, 0.1) is 30.6 Å². The molecule has 5 aliphatic rings. The van der Waals surface area contributed by atoms with Crippen LogP contribution in [0.25, 0.3) is 0 Å². The van der Waals surface area contributed by atoms with Gasteiger partial charge in [0.25, 0.3) is 0 Å². The van der Waals surface area contributed by atoms with E-state index in [1.165, 1.54) is 11.3 Å². The smallest absolute Gasteiger partial charge is 0.237 e. The van der Waals surface area contributed by atoms with Gasteiger partial charge in [-0.25, -0.2) is 4.39 Å². The lowest BCUT2D eigenvalue weighted by molar-refractivity contribution is -0.132. The van der Waals surface area contributed by atoms with E-state index in [2.05, 4.69) is 11.4 Å². The van der Waals surface area contributed by atoms with Gasteiger partial charge in [-0.1, -0.05) is 0 Å². The summed E-state index contributed by atoms with van der Waals surface area (Å²) in [6.07, 6.45) is 5.14. The van der Waals surface area contributed by atoms with Gasteiger partial charge in [-0.2, -0.15) is 10.5 Å². The zero-order valence-electron chi connectivity index (χ0n) is 13.8. The maximum absolute atomic E-state index is 13.5. The molecule has 0 aromatic rings. The minimum Gasteiger partial charge on any atom is -0.323 e. The Morgan fingerprint density at radius 3 is 2.54 bits per heavy atom. The Morgan fingerprint density at radius 2 is 1.92 bits per heavy atom. The monoisotopic (exact) mass is 330 g/mol. The maximum Gasteiger partial charge on any atom is 0.237 e. The van der Waals surface area contributed by atoms with Gasteiger partial charge in [-0.15, -0.1) is 0 Å². The number of alkyl halides is 1. The lowest BCUT2D eigenvalue weighted by Gasteiger charge is -2.60. The Morgan fingerprint density at radius 1 is 1.21 bits per heavy atom. The molecule has 4 unspecified atom stereocenters. The largest absolute Gasteiger partial charge is 0.323 e. The summed E-state index contributed by atoms with van der Waals surface area (Å²) in [4.78, 5) is 13.9. The molecule has 0 spiro atoms. The number of likely N-dealkylation sites (tertiary alicyclic amines) is 1. The van der Waals surface area contributed by atoms with Crippen molar-refractivity contribution in [3.8, 4) is 12.1 Å². The third-order valence-corrected chi connectivity index (χ3v) is 6.63. The highest BCUT2D eigenvalue weighted by Crippen LogP contribution is 2.61. The third-order valence-electron chi connectivity index (χ3n) is 6.63. The molecule has 1 amide bonds. The molecule has 1 N–H and O–H groups in total. The van der Waals surface area contributed by atoms with Crippen molar-refractivity contribution in [2.75, 3.05) is 13.1 Å². The number of nitrogens with one attached hydrogen (secondary N) is 1. The van der Waals surface area contributed by atoms with Crippen molar-refractivity contribution in [1.82, 2.24) is 10.2 Å². The number of nitrogens with zero attached hydrogens (tertiary/aromatic N) is 3. The van der Waals surface area contributed by atoms with Gasteiger partial charge in [0.2, 0.25) is 5.91 Å². The summed E-state index contributed by atoms with van der Waals surface area (Å²) < 4.78 is 13.5. The first-order valence-electron chi connectivity index (χ1n) is 8.96. The van der Waals surface area contributed by atoms with Gasteiger partial charge in [-0.3, -0.25) is 4.79 Å². The standard InChI is InChI=1S/C18H23FN4O/c19-14-2-15(7-20)23(9-14)16(24)8-22-18-5-12-1-13(6-18)4-17(3-12,10-18)11-21/h12-15,22H,1-6,8-10H2. The first kappa shape index (κ1) is 15.8. The second-order valence-corrected chi connectivity index (χ2v) is 8.51. The number of rotatable bonds is 3. The summed E-state index contributed by atoms with van der Waals surface area (Å²) in [5, 5.41) is 22.2. The van der Waals surface area contributed by atoms with Crippen LogP contribution >= 0.6 is 0 Å². The van der Waals surface area contributed by atoms with E-state index in [1.54, 1.807) is 0 Å². The predicted octanol–water partition coefficient (Wildman–Crippen LogP) is 1.90. The Kier molecular flexibility index (Phi) is 3.58. The van der Waals surface area contributed by atoms with E-state index in [4.69, 9.17) is 5.26 Å². The Balaban J connectivity index is 1.44. The summed E-state index contributed by atoms with van der Waals surface area (Å²) >= 11 is 0. The van der Waals surface area contributed by atoms with Crippen LogP contribution in [0.3, 0.4) is 0 Å². The van der Waals surface area contributed by atoms with Crippen molar-refractivity contribution in [2.45, 2.75) is 62.7 Å². The van der Waals surface area contributed by atoms with E-state index in [0.29, 0.717) is 11.8 Å². The fourth-order valence-corrected chi connectivity index (χ4v) is 6.15. The molecule has 4 saturated carbocycles. The minimum absolute atomic E-state index is 0.0269. The molecule has 5 rings (SSSR count). The SMILES string of the molecule is N#CC1CC(F)CN1C(=O)CNC12CC3CC(CC(C#N)(C3)C1)C2. The van der Waals surface area contributed by atoms with Gasteiger partial charge in [0.1, 0.15) is 12.2 Å². The Bertz CT molecular complexity index is 622. The van der Waals surface area contributed by atoms with E-state index >= 15 is 0 Å². The Hall–Kier alpha value is -1.66. The van der Waals surface area contributed by atoms with Crippen LogP contribution < -0.4 is 5.32 Å². The number of hydrogen-bond donors (Lipinski definition) is 1. The highest BCUT2D eigenvalue weighted by molar-refractivity contribution is 5.79. The summed E-state index contributed by atoms with van der Waals surface area (Å²) in [5.41, 5.74) is -0.334. The molecular formula is C18H23FN4O. The minimum atomic E-state index is -1.10. The topological polar surface area (TPSA) is 79.9 Å². The van der Waals surface area contributed by atoms with E-state index in [9.17, 15) is 14.4 Å². The fourth-order valence-electron chi connectivity index (χ4n) is 6.15. The average molecular weight is 330 g/mol. The number of carbonyl (C=O) groups excluding carboxylic acids is 1. The zero-order valence-corrected chi connectivity index (χ0v) is 13.8. The van der Waals surface area contributed by atoms with Crippen LogP contribution in [0.15, 0.2) is 0 Å². The highest BCUT2D eigenvalue weighted by Gasteiger charge is 2.58. The van der Waals surface area contributed by atoms with Crippen molar-refractivity contribution in [3.63, 3.8) is 0 Å². The molecule has 5 fully saturated rings. The van der Waals surface area contributed by atoms with Crippen LogP contribution in [0.2, 0.25) is 0 Å². The zero-order chi connectivity index (χ0) is 16.9. The van der Waals surface area contributed by atoms with Gasteiger partial charge in [-0.05, 0) is 50.4 Å². The van der Waals surface area contributed by atoms with E-state index < -0.39 is 12.2 Å². The Labute approximate surface area is 141 Å². The molecule has 4 bridgehead atoms. The second-order valence-electron chi connectivity index (χ2n) is 8.51. The molecule has 6 heteroatoms. The lowest BCUT2D eigenvalue weighted by atomic mass is 9.47. The number of hydrogen-bond acceptors (Lipinski definition) is 4. The van der Waals surface area contributed by atoms with Crippen LogP contribution in [0.5, 0.6) is 0 Å². The summed E-state index contributed by atoms with van der Waals surface area (Å²) in [6.45, 7) is 0.172. The van der Waals surface area contributed by atoms with Crippen LogP contribution in [-0.2, 0) is 4.79 Å². The van der Waals surface area contributed by atoms with Crippen molar-refractivity contribution >= 4 is 5.91 Å². The number of nitriles is 2. The molecule has 128 valence electrons. The van der Waals surface area contributed by atoms with Crippen molar-refractivity contribution < 1.29 is 9.18 Å². The number of amides is 1. The lowest BCUT2D eigenvalue weighted by Crippen LogP contribution is -2.63. The third kappa shape index (κ3) is 2.48. The molecule has 1 heterocycles. The van der Waals surface area contributed by atoms with Crippen LogP contribution in [0, 0.1) is 39.9 Å². The van der Waals surface area contributed by atoms with Crippen LogP contribution in [0.4, 0.5) is 4.39 Å². The van der Waals surface area contributed by atoms with Crippen molar-refractivity contribution in [2.24, 2.45) is 17.3 Å². The van der Waals surface area contributed by atoms with Gasteiger partial charge < -0.3 is 10.2 Å². The molecule has 1 aliphatic heterocycles. The van der Waals surface area contributed by atoms with E-state index in [-0.39, 0.29) is 36.4 Å². The van der Waals surface area contributed by atoms with E-state index in [1.807, 2.05) is 6.07 Å². The quantitative estimate of drug-likeness (QED) is 0.857. The maximum atomic E-state index is 13.5. The van der Waals surface area contributed by atoms with Gasteiger partial charge in [0, 0.05) is 12.0 Å². The summed E-state index contributed by atoms with van der Waals surface area (Å²) in [7, 11) is 0. The molecule has 24 heavy (non-hydrogen) atoms. The molecular weight excluding hydrogens is 307 g/mol. The molecule has 1 saturated heterocycles. The van der Waals surface area contributed by atoms with Crippen molar-refractivity contribution in [3.05, 3.63) is 0 Å². The number of carbonyl (C=O) groups is 1. The fraction of sp³-hybridized carbons (Fsp3) is 0.833. The normalized spacial score (nSPS) is 45.9.